The molecule has 23 heavy (non-hydrogen) atoms. The smallest absolute Gasteiger partial charge is 0.226 e. The van der Waals surface area contributed by atoms with Crippen LogP contribution in [-0.4, -0.2) is 33.9 Å². The van der Waals surface area contributed by atoms with Crippen LogP contribution in [0, 0.1) is 6.92 Å². The topological polar surface area (TPSA) is 55.3 Å². The first-order chi connectivity index (χ1) is 11.2. The van der Waals surface area contributed by atoms with E-state index < -0.39 is 0 Å². The number of benzene rings is 1. The molecule has 0 aliphatic carbocycles. The number of amides is 1. The van der Waals surface area contributed by atoms with E-state index in [1.54, 1.807) is 6.20 Å². The Bertz CT molecular complexity index is 660. The predicted molar refractivity (Wildman–Crippen MR) is 87.0 cm³/mol. The second kappa shape index (κ2) is 7.22. The van der Waals surface area contributed by atoms with Crippen molar-refractivity contribution < 1.29 is 9.53 Å². The normalized spacial score (nSPS) is 17.3. The number of ether oxygens (including phenoxy) is 1. The van der Waals surface area contributed by atoms with E-state index in [4.69, 9.17) is 4.74 Å². The Hall–Kier alpha value is -2.43. The summed E-state index contributed by atoms with van der Waals surface area (Å²) in [6.07, 6.45) is 4.12. The summed E-state index contributed by atoms with van der Waals surface area (Å²) in [5.74, 6) is 1.67. The SMILES string of the molecule is Cc1nccc([C@@H]2CCCN2C(=O)CCOc2ccccc2)n1. The lowest BCUT2D eigenvalue weighted by atomic mass is 10.1. The first-order valence-electron chi connectivity index (χ1n) is 8.01. The molecular weight excluding hydrogens is 290 g/mol. The van der Waals surface area contributed by atoms with E-state index >= 15 is 0 Å². The van der Waals surface area contributed by atoms with Crippen molar-refractivity contribution in [1.82, 2.24) is 14.9 Å². The molecule has 1 amide bonds. The minimum absolute atomic E-state index is 0.0703. The van der Waals surface area contributed by atoms with Gasteiger partial charge in [-0.2, -0.15) is 0 Å². The van der Waals surface area contributed by atoms with Crippen molar-refractivity contribution in [2.45, 2.75) is 32.2 Å². The van der Waals surface area contributed by atoms with Gasteiger partial charge in [-0.15, -0.1) is 0 Å². The first kappa shape index (κ1) is 15.5. The van der Waals surface area contributed by atoms with Crippen LogP contribution in [0.1, 0.15) is 36.8 Å². The van der Waals surface area contributed by atoms with Crippen LogP contribution in [0.3, 0.4) is 0 Å². The van der Waals surface area contributed by atoms with Crippen molar-refractivity contribution in [3.8, 4) is 5.75 Å². The van der Waals surface area contributed by atoms with Crippen molar-refractivity contribution >= 4 is 5.91 Å². The fraction of sp³-hybridized carbons (Fsp3) is 0.389. The van der Waals surface area contributed by atoms with Crippen LogP contribution in [-0.2, 0) is 4.79 Å². The molecule has 0 spiro atoms. The standard InChI is InChI=1S/C18H21N3O2/c1-14-19-11-9-16(20-14)17-8-5-12-21(17)18(22)10-13-23-15-6-3-2-4-7-15/h2-4,6-7,9,11,17H,5,8,10,12-13H2,1H3/t17-/m0/s1. The quantitative estimate of drug-likeness (QED) is 0.852. The third kappa shape index (κ3) is 3.86. The lowest BCUT2D eigenvalue weighted by Crippen LogP contribution is -2.32. The zero-order valence-corrected chi connectivity index (χ0v) is 13.3. The Kier molecular flexibility index (Phi) is 4.86. The van der Waals surface area contributed by atoms with Crippen LogP contribution in [0.15, 0.2) is 42.6 Å². The van der Waals surface area contributed by atoms with Crippen LogP contribution in [0.2, 0.25) is 0 Å². The van der Waals surface area contributed by atoms with Gasteiger partial charge < -0.3 is 9.64 Å². The van der Waals surface area contributed by atoms with Gasteiger partial charge in [-0.1, -0.05) is 18.2 Å². The third-order valence-corrected chi connectivity index (χ3v) is 4.04. The van der Waals surface area contributed by atoms with Gasteiger partial charge in [0.15, 0.2) is 0 Å². The lowest BCUT2D eigenvalue weighted by Gasteiger charge is -2.24. The summed E-state index contributed by atoms with van der Waals surface area (Å²) in [4.78, 5) is 23.0. The monoisotopic (exact) mass is 311 g/mol. The second-order valence-electron chi connectivity index (χ2n) is 5.69. The van der Waals surface area contributed by atoms with Crippen molar-refractivity contribution in [1.29, 1.82) is 0 Å². The number of carbonyl (C=O) groups excluding carboxylic acids is 1. The van der Waals surface area contributed by atoms with Crippen molar-refractivity contribution in [3.05, 3.63) is 54.1 Å². The molecule has 5 heteroatoms. The summed E-state index contributed by atoms with van der Waals surface area (Å²) in [5.41, 5.74) is 0.937. The summed E-state index contributed by atoms with van der Waals surface area (Å²) in [7, 11) is 0. The molecule has 120 valence electrons. The van der Waals surface area contributed by atoms with Gasteiger partial charge in [0, 0.05) is 12.7 Å². The van der Waals surface area contributed by atoms with Crippen molar-refractivity contribution in [2.24, 2.45) is 0 Å². The Morgan fingerprint density at radius 2 is 2.13 bits per heavy atom. The number of para-hydroxylation sites is 1. The summed E-state index contributed by atoms with van der Waals surface area (Å²) < 4.78 is 5.62. The molecule has 1 aliphatic heterocycles. The highest BCUT2D eigenvalue weighted by atomic mass is 16.5. The number of aryl methyl sites for hydroxylation is 1. The Balaban J connectivity index is 1.58. The zero-order valence-electron chi connectivity index (χ0n) is 13.3. The number of likely N-dealkylation sites (tertiary alicyclic amines) is 1. The van der Waals surface area contributed by atoms with E-state index in [1.165, 1.54) is 0 Å². The van der Waals surface area contributed by atoms with E-state index in [0.29, 0.717) is 13.0 Å². The molecule has 1 fully saturated rings. The molecule has 2 aromatic rings. The van der Waals surface area contributed by atoms with Crippen LogP contribution >= 0.6 is 0 Å². The van der Waals surface area contributed by atoms with E-state index in [9.17, 15) is 4.79 Å². The number of aromatic nitrogens is 2. The summed E-state index contributed by atoms with van der Waals surface area (Å²) in [6.45, 7) is 3.06. The molecule has 2 heterocycles. The maximum absolute atomic E-state index is 12.5. The number of nitrogens with zero attached hydrogens (tertiary/aromatic N) is 3. The summed E-state index contributed by atoms with van der Waals surface area (Å²) >= 11 is 0. The van der Waals surface area contributed by atoms with Gasteiger partial charge in [-0.05, 0) is 38.0 Å². The summed E-state index contributed by atoms with van der Waals surface area (Å²) in [5, 5.41) is 0. The fourth-order valence-electron chi connectivity index (χ4n) is 2.95. The maximum Gasteiger partial charge on any atom is 0.226 e. The Labute approximate surface area is 136 Å². The average molecular weight is 311 g/mol. The molecule has 0 N–H and O–H groups in total. The zero-order chi connectivity index (χ0) is 16.1. The predicted octanol–water partition coefficient (Wildman–Crippen LogP) is 2.92. The molecule has 0 unspecified atom stereocenters. The largest absolute Gasteiger partial charge is 0.493 e. The molecule has 1 aromatic carbocycles. The number of hydrogen-bond donors (Lipinski definition) is 0. The van der Waals surface area contributed by atoms with E-state index in [1.807, 2.05) is 48.2 Å². The van der Waals surface area contributed by atoms with Crippen molar-refractivity contribution in [3.63, 3.8) is 0 Å². The van der Waals surface area contributed by atoms with Gasteiger partial charge in [0.25, 0.3) is 0 Å². The molecule has 1 aromatic heterocycles. The highest BCUT2D eigenvalue weighted by Gasteiger charge is 2.30. The second-order valence-corrected chi connectivity index (χ2v) is 5.69. The van der Waals surface area contributed by atoms with Gasteiger partial charge in [0.1, 0.15) is 11.6 Å². The molecule has 3 rings (SSSR count). The molecule has 0 bridgehead atoms. The van der Waals surface area contributed by atoms with Gasteiger partial charge in [-0.3, -0.25) is 4.79 Å². The highest BCUT2D eigenvalue weighted by Crippen LogP contribution is 2.31. The molecule has 0 saturated carbocycles. The van der Waals surface area contributed by atoms with Gasteiger partial charge in [-0.25, -0.2) is 9.97 Å². The van der Waals surface area contributed by atoms with E-state index in [2.05, 4.69) is 9.97 Å². The summed E-state index contributed by atoms with van der Waals surface area (Å²) in [6, 6.07) is 11.6. The molecule has 1 aliphatic rings. The minimum atomic E-state index is 0.0703. The molecular formula is C18H21N3O2. The number of carbonyl (C=O) groups is 1. The Morgan fingerprint density at radius 1 is 1.30 bits per heavy atom. The van der Waals surface area contributed by atoms with E-state index in [-0.39, 0.29) is 11.9 Å². The molecule has 5 nitrogen and oxygen atoms in total. The van der Waals surface area contributed by atoms with Crippen LogP contribution in [0.4, 0.5) is 0 Å². The fourth-order valence-corrected chi connectivity index (χ4v) is 2.95. The first-order valence-corrected chi connectivity index (χ1v) is 8.01. The van der Waals surface area contributed by atoms with Crippen molar-refractivity contribution in [2.75, 3.05) is 13.2 Å². The highest BCUT2D eigenvalue weighted by molar-refractivity contribution is 5.77. The lowest BCUT2D eigenvalue weighted by molar-refractivity contribution is -0.132. The van der Waals surface area contributed by atoms with Crippen LogP contribution in [0.5, 0.6) is 5.75 Å². The minimum Gasteiger partial charge on any atom is -0.493 e. The number of rotatable bonds is 5. The van der Waals surface area contributed by atoms with Gasteiger partial charge >= 0.3 is 0 Å². The Morgan fingerprint density at radius 3 is 2.91 bits per heavy atom. The molecule has 1 atom stereocenters. The third-order valence-electron chi connectivity index (χ3n) is 4.04. The maximum atomic E-state index is 12.5. The van der Waals surface area contributed by atoms with E-state index in [0.717, 1.165) is 36.7 Å². The van der Waals surface area contributed by atoms with Gasteiger partial charge in [0.2, 0.25) is 5.91 Å². The molecule has 0 radical (unpaired) electrons. The number of hydrogen-bond acceptors (Lipinski definition) is 4. The van der Waals surface area contributed by atoms with Crippen LogP contribution in [0.25, 0.3) is 0 Å². The molecule has 1 saturated heterocycles. The van der Waals surface area contributed by atoms with Gasteiger partial charge in [0.05, 0.1) is 24.8 Å². The van der Waals surface area contributed by atoms with Crippen LogP contribution < -0.4 is 4.74 Å². The average Bonchev–Trinajstić information content (AvgIpc) is 3.05.